The summed E-state index contributed by atoms with van der Waals surface area (Å²) in [6.45, 7) is 1.92. The van der Waals surface area contributed by atoms with Gasteiger partial charge in [0.05, 0.1) is 16.8 Å². The molecule has 1 aromatic carbocycles. The number of alkyl halides is 3. The highest BCUT2D eigenvalue weighted by molar-refractivity contribution is 8.00. The molecule has 1 heterocycles. The number of rotatable bonds is 2. The number of H-pyrrole nitrogens is 1. The average molecular weight is 258 g/mol. The zero-order valence-electron chi connectivity index (χ0n) is 8.88. The van der Waals surface area contributed by atoms with Crippen LogP contribution in [0.4, 0.5) is 13.2 Å². The van der Waals surface area contributed by atoms with Gasteiger partial charge in [0, 0.05) is 5.56 Å². The molecule has 0 saturated heterocycles. The van der Waals surface area contributed by atoms with Crippen LogP contribution in [0, 0.1) is 6.92 Å². The maximum Gasteiger partial charge on any atom is 0.446 e. The van der Waals surface area contributed by atoms with E-state index >= 15 is 0 Å². The van der Waals surface area contributed by atoms with E-state index in [2.05, 4.69) is 10.2 Å². The topological polar surface area (TPSA) is 28.7 Å². The standard InChI is InChI=1S/C11H9F3N2S/c1-7-2-4-8(5-3-7)10-9(6-15-16-10)17-11(12,13)14/h2-6H,1H3,(H,15,16). The molecule has 0 aliphatic rings. The number of nitrogens with zero attached hydrogens (tertiary/aromatic N) is 1. The van der Waals surface area contributed by atoms with Crippen molar-refractivity contribution < 1.29 is 13.2 Å². The second-order valence-electron chi connectivity index (χ2n) is 3.52. The quantitative estimate of drug-likeness (QED) is 0.825. The van der Waals surface area contributed by atoms with Crippen LogP contribution < -0.4 is 0 Å². The van der Waals surface area contributed by atoms with Crippen LogP contribution in [-0.2, 0) is 0 Å². The first-order valence-electron chi connectivity index (χ1n) is 4.82. The highest BCUT2D eigenvalue weighted by Gasteiger charge is 2.31. The molecule has 2 rings (SSSR count). The number of halogens is 3. The van der Waals surface area contributed by atoms with E-state index in [0.29, 0.717) is 11.3 Å². The largest absolute Gasteiger partial charge is 0.446 e. The Balaban J connectivity index is 2.33. The minimum absolute atomic E-state index is 0.0846. The lowest BCUT2D eigenvalue weighted by molar-refractivity contribution is -0.0327. The van der Waals surface area contributed by atoms with Crippen molar-refractivity contribution in [3.63, 3.8) is 0 Å². The van der Waals surface area contributed by atoms with Crippen LogP contribution in [0.15, 0.2) is 35.4 Å². The Labute approximate surface area is 100 Å². The molecule has 0 aliphatic carbocycles. The number of hydrogen-bond donors (Lipinski definition) is 1. The maximum absolute atomic E-state index is 12.3. The first-order valence-corrected chi connectivity index (χ1v) is 5.63. The first-order chi connectivity index (χ1) is 7.96. The first kappa shape index (κ1) is 12.0. The summed E-state index contributed by atoms with van der Waals surface area (Å²) in [6.07, 6.45) is 1.19. The predicted molar refractivity (Wildman–Crippen MR) is 60.7 cm³/mol. The summed E-state index contributed by atoms with van der Waals surface area (Å²) in [7, 11) is 0. The SMILES string of the molecule is Cc1ccc(-c2[nH]ncc2SC(F)(F)F)cc1. The molecule has 2 nitrogen and oxygen atoms in total. The summed E-state index contributed by atoms with van der Waals surface area (Å²) < 4.78 is 36.9. The van der Waals surface area contributed by atoms with E-state index in [4.69, 9.17) is 0 Å². The van der Waals surface area contributed by atoms with Crippen molar-refractivity contribution in [1.29, 1.82) is 0 Å². The third-order valence-corrected chi connectivity index (χ3v) is 2.93. The Bertz CT molecular complexity index is 502. The smallest absolute Gasteiger partial charge is 0.277 e. The molecule has 17 heavy (non-hydrogen) atoms. The van der Waals surface area contributed by atoms with Gasteiger partial charge >= 0.3 is 5.51 Å². The van der Waals surface area contributed by atoms with Crippen molar-refractivity contribution in [2.45, 2.75) is 17.3 Å². The van der Waals surface area contributed by atoms with Gasteiger partial charge in [0.1, 0.15) is 0 Å². The number of benzene rings is 1. The summed E-state index contributed by atoms with van der Waals surface area (Å²) in [6, 6.07) is 7.23. The second-order valence-corrected chi connectivity index (χ2v) is 4.63. The van der Waals surface area contributed by atoms with Gasteiger partial charge in [0.2, 0.25) is 0 Å². The van der Waals surface area contributed by atoms with Gasteiger partial charge in [-0.1, -0.05) is 29.8 Å². The molecule has 2 aromatic rings. The molecular formula is C11H9F3N2S. The minimum atomic E-state index is -4.30. The lowest BCUT2D eigenvalue weighted by Crippen LogP contribution is -1.99. The fourth-order valence-corrected chi connectivity index (χ4v) is 2.02. The van der Waals surface area contributed by atoms with E-state index < -0.39 is 5.51 Å². The van der Waals surface area contributed by atoms with Gasteiger partial charge in [0.15, 0.2) is 0 Å². The van der Waals surface area contributed by atoms with Crippen LogP contribution in [0.2, 0.25) is 0 Å². The van der Waals surface area contributed by atoms with Crippen LogP contribution in [0.3, 0.4) is 0 Å². The molecule has 0 saturated carbocycles. The van der Waals surface area contributed by atoms with Gasteiger partial charge in [-0.05, 0) is 18.7 Å². The Hall–Kier alpha value is -1.43. The van der Waals surface area contributed by atoms with E-state index in [-0.39, 0.29) is 16.7 Å². The Morgan fingerprint density at radius 3 is 2.41 bits per heavy atom. The molecule has 0 spiro atoms. The van der Waals surface area contributed by atoms with Crippen LogP contribution in [0.1, 0.15) is 5.56 Å². The fraction of sp³-hybridized carbons (Fsp3) is 0.182. The number of aromatic amines is 1. The van der Waals surface area contributed by atoms with Crippen molar-refractivity contribution in [1.82, 2.24) is 10.2 Å². The molecule has 1 aromatic heterocycles. The second kappa shape index (κ2) is 4.44. The summed E-state index contributed by atoms with van der Waals surface area (Å²) in [5, 5.41) is 6.25. The summed E-state index contributed by atoms with van der Waals surface area (Å²) in [5.74, 6) is 0. The van der Waals surface area contributed by atoms with Gasteiger partial charge in [0.25, 0.3) is 0 Å². The van der Waals surface area contributed by atoms with Gasteiger partial charge in [-0.3, -0.25) is 5.10 Å². The average Bonchev–Trinajstić information content (AvgIpc) is 2.64. The number of thioether (sulfide) groups is 1. The van der Waals surface area contributed by atoms with Gasteiger partial charge in [-0.25, -0.2) is 0 Å². The van der Waals surface area contributed by atoms with E-state index in [1.165, 1.54) is 6.20 Å². The van der Waals surface area contributed by atoms with Crippen molar-refractivity contribution in [2.24, 2.45) is 0 Å². The molecule has 0 radical (unpaired) electrons. The van der Waals surface area contributed by atoms with Crippen molar-refractivity contribution in [3.8, 4) is 11.3 Å². The molecule has 0 atom stereocenters. The molecule has 0 amide bonds. The zero-order valence-corrected chi connectivity index (χ0v) is 9.69. The van der Waals surface area contributed by atoms with E-state index in [9.17, 15) is 13.2 Å². The molecule has 1 N–H and O–H groups in total. The molecule has 0 bridgehead atoms. The lowest BCUT2D eigenvalue weighted by atomic mass is 10.1. The summed E-state index contributed by atoms with van der Waals surface area (Å²) >= 11 is -0.161. The molecule has 0 aliphatic heterocycles. The van der Waals surface area contributed by atoms with E-state index in [1.54, 1.807) is 12.1 Å². The van der Waals surface area contributed by atoms with Gasteiger partial charge in [-0.2, -0.15) is 18.3 Å². The van der Waals surface area contributed by atoms with Crippen molar-refractivity contribution in [2.75, 3.05) is 0 Å². The molecule has 6 heteroatoms. The normalized spacial score (nSPS) is 11.8. The minimum Gasteiger partial charge on any atom is -0.277 e. The third kappa shape index (κ3) is 3.03. The van der Waals surface area contributed by atoms with Crippen LogP contribution in [0.5, 0.6) is 0 Å². The highest BCUT2D eigenvalue weighted by Crippen LogP contribution is 2.40. The maximum atomic E-state index is 12.3. The van der Waals surface area contributed by atoms with Crippen LogP contribution in [0.25, 0.3) is 11.3 Å². The molecule has 0 fully saturated rings. The van der Waals surface area contributed by atoms with Crippen molar-refractivity contribution in [3.05, 3.63) is 36.0 Å². The van der Waals surface area contributed by atoms with Crippen molar-refractivity contribution >= 4 is 11.8 Å². The number of nitrogens with one attached hydrogen (secondary N) is 1. The molecular weight excluding hydrogens is 249 g/mol. The third-order valence-electron chi connectivity index (χ3n) is 2.17. The summed E-state index contributed by atoms with van der Waals surface area (Å²) in [4.78, 5) is 0.0846. The number of aromatic nitrogens is 2. The predicted octanol–water partition coefficient (Wildman–Crippen LogP) is 4.00. The lowest BCUT2D eigenvalue weighted by Gasteiger charge is -2.06. The number of hydrogen-bond acceptors (Lipinski definition) is 2. The zero-order chi connectivity index (χ0) is 12.5. The summed E-state index contributed by atoms with van der Waals surface area (Å²) in [5.41, 5.74) is -2.16. The molecule has 0 unspecified atom stereocenters. The fourth-order valence-electron chi connectivity index (χ4n) is 1.40. The molecule has 90 valence electrons. The van der Waals surface area contributed by atoms with Gasteiger partial charge < -0.3 is 0 Å². The Morgan fingerprint density at radius 1 is 1.18 bits per heavy atom. The van der Waals surface area contributed by atoms with E-state index in [0.717, 1.165) is 5.56 Å². The van der Waals surface area contributed by atoms with Crippen LogP contribution >= 0.6 is 11.8 Å². The monoisotopic (exact) mass is 258 g/mol. The Morgan fingerprint density at radius 2 is 1.82 bits per heavy atom. The number of aryl methyl sites for hydroxylation is 1. The van der Waals surface area contributed by atoms with Crippen LogP contribution in [-0.4, -0.2) is 15.7 Å². The van der Waals surface area contributed by atoms with Gasteiger partial charge in [-0.15, -0.1) is 0 Å². The Kier molecular flexibility index (Phi) is 3.15. The van der Waals surface area contributed by atoms with E-state index in [1.807, 2.05) is 19.1 Å². The highest BCUT2D eigenvalue weighted by atomic mass is 32.2.